The molecule has 2 nitrogen and oxygen atoms in total. The summed E-state index contributed by atoms with van der Waals surface area (Å²) < 4.78 is 31.3. The molecular formula is C14H19F2NO. The molecule has 1 fully saturated rings. The Labute approximate surface area is 106 Å². The van der Waals surface area contributed by atoms with Crippen LogP contribution in [0.2, 0.25) is 0 Å². The van der Waals surface area contributed by atoms with Crippen molar-refractivity contribution in [2.24, 2.45) is 5.73 Å². The average Bonchev–Trinajstić information content (AvgIpc) is 2.34. The maximum Gasteiger partial charge on any atom is 0.159 e. The maximum absolute atomic E-state index is 13.0. The van der Waals surface area contributed by atoms with Gasteiger partial charge in [0.05, 0.1) is 13.2 Å². The number of halogens is 2. The van der Waals surface area contributed by atoms with Gasteiger partial charge in [-0.15, -0.1) is 0 Å². The second-order valence-corrected chi connectivity index (χ2v) is 5.16. The van der Waals surface area contributed by atoms with Gasteiger partial charge in [-0.2, -0.15) is 0 Å². The van der Waals surface area contributed by atoms with E-state index >= 15 is 0 Å². The maximum atomic E-state index is 13.0. The molecule has 1 aliphatic carbocycles. The number of benzene rings is 1. The van der Waals surface area contributed by atoms with Crippen molar-refractivity contribution in [1.82, 2.24) is 0 Å². The first-order chi connectivity index (χ1) is 8.59. The number of ether oxygens (including phenoxy) is 1. The van der Waals surface area contributed by atoms with E-state index in [1.54, 1.807) is 0 Å². The Balaban J connectivity index is 1.82. The number of hydrogen-bond donors (Lipinski definition) is 1. The minimum absolute atomic E-state index is 0.239. The molecule has 0 saturated heterocycles. The normalized spacial score (nSPS) is 18.8. The van der Waals surface area contributed by atoms with E-state index < -0.39 is 11.6 Å². The summed E-state index contributed by atoms with van der Waals surface area (Å²) in [6, 6.07) is 3.81. The van der Waals surface area contributed by atoms with Gasteiger partial charge in [0.15, 0.2) is 11.6 Å². The zero-order valence-electron chi connectivity index (χ0n) is 10.4. The highest BCUT2D eigenvalue weighted by Gasteiger charge is 2.27. The molecule has 1 aliphatic rings. The van der Waals surface area contributed by atoms with Crippen molar-refractivity contribution in [3.05, 3.63) is 35.4 Å². The summed E-state index contributed by atoms with van der Waals surface area (Å²) in [5.74, 6) is -1.67. The first-order valence-electron chi connectivity index (χ1n) is 6.40. The van der Waals surface area contributed by atoms with Crippen molar-refractivity contribution in [2.75, 3.05) is 6.61 Å². The molecule has 2 rings (SSSR count). The van der Waals surface area contributed by atoms with Gasteiger partial charge in [-0.25, -0.2) is 8.78 Å². The van der Waals surface area contributed by atoms with Crippen LogP contribution in [0.1, 0.15) is 37.7 Å². The molecule has 18 heavy (non-hydrogen) atoms. The standard InChI is InChI=1S/C14H19F2NO/c15-12-5-4-11(8-13(12)16)9-18-10-14(17)6-2-1-3-7-14/h4-5,8H,1-3,6-7,9-10,17H2. The molecule has 2 N–H and O–H groups in total. The van der Waals surface area contributed by atoms with Crippen molar-refractivity contribution < 1.29 is 13.5 Å². The fourth-order valence-electron chi connectivity index (χ4n) is 2.40. The van der Waals surface area contributed by atoms with Crippen molar-refractivity contribution in [3.63, 3.8) is 0 Å². The van der Waals surface area contributed by atoms with Crippen LogP contribution in [0, 0.1) is 11.6 Å². The molecule has 1 saturated carbocycles. The lowest BCUT2D eigenvalue weighted by Gasteiger charge is -2.33. The van der Waals surface area contributed by atoms with Gasteiger partial charge in [0.1, 0.15) is 0 Å². The highest BCUT2D eigenvalue weighted by Crippen LogP contribution is 2.26. The van der Waals surface area contributed by atoms with E-state index in [1.165, 1.54) is 18.6 Å². The molecular weight excluding hydrogens is 236 g/mol. The lowest BCUT2D eigenvalue weighted by molar-refractivity contribution is 0.0573. The molecule has 0 aliphatic heterocycles. The molecule has 0 bridgehead atoms. The van der Waals surface area contributed by atoms with E-state index in [-0.39, 0.29) is 12.1 Å². The Kier molecular flexibility index (Phi) is 4.30. The molecule has 0 atom stereocenters. The molecule has 1 aromatic carbocycles. The zero-order chi connectivity index (χ0) is 13.0. The van der Waals surface area contributed by atoms with Gasteiger partial charge >= 0.3 is 0 Å². The average molecular weight is 255 g/mol. The summed E-state index contributed by atoms with van der Waals surface area (Å²) in [6.07, 6.45) is 5.48. The zero-order valence-corrected chi connectivity index (χ0v) is 10.4. The predicted molar refractivity (Wildman–Crippen MR) is 66.0 cm³/mol. The molecule has 100 valence electrons. The molecule has 1 aromatic rings. The van der Waals surface area contributed by atoms with Gasteiger partial charge in [0, 0.05) is 5.54 Å². The van der Waals surface area contributed by atoms with Gasteiger partial charge in [-0.1, -0.05) is 25.3 Å². The SMILES string of the molecule is NC1(COCc2ccc(F)c(F)c2)CCCCC1. The van der Waals surface area contributed by atoms with Gasteiger partial charge < -0.3 is 10.5 Å². The van der Waals surface area contributed by atoms with Gasteiger partial charge in [-0.3, -0.25) is 0 Å². The summed E-state index contributed by atoms with van der Waals surface area (Å²) in [4.78, 5) is 0. The largest absolute Gasteiger partial charge is 0.375 e. The minimum Gasteiger partial charge on any atom is -0.375 e. The van der Waals surface area contributed by atoms with Gasteiger partial charge in [0.2, 0.25) is 0 Å². The van der Waals surface area contributed by atoms with E-state index in [0.29, 0.717) is 12.2 Å². The lowest BCUT2D eigenvalue weighted by atomic mass is 9.83. The van der Waals surface area contributed by atoms with Crippen molar-refractivity contribution in [2.45, 2.75) is 44.2 Å². The smallest absolute Gasteiger partial charge is 0.159 e. The Bertz CT molecular complexity index is 403. The van der Waals surface area contributed by atoms with E-state index in [1.807, 2.05) is 0 Å². The van der Waals surface area contributed by atoms with Crippen molar-refractivity contribution in [1.29, 1.82) is 0 Å². The number of nitrogens with two attached hydrogens (primary N) is 1. The molecule has 0 unspecified atom stereocenters. The molecule has 0 aromatic heterocycles. The summed E-state index contributed by atoms with van der Waals surface area (Å²) in [5.41, 5.74) is 6.61. The Morgan fingerprint density at radius 3 is 2.50 bits per heavy atom. The van der Waals surface area contributed by atoms with Crippen LogP contribution in [0.4, 0.5) is 8.78 Å². The van der Waals surface area contributed by atoms with Crippen molar-refractivity contribution >= 4 is 0 Å². The minimum atomic E-state index is -0.837. The highest BCUT2D eigenvalue weighted by molar-refractivity contribution is 5.16. The van der Waals surface area contributed by atoms with Crippen LogP contribution in [0.15, 0.2) is 18.2 Å². The summed E-state index contributed by atoms with van der Waals surface area (Å²) in [7, 11) is 0. The van der Waals surface area contributed by atoms with E-state index in [2.05, 4.69) is 0 Å². The fraction of sp³-hybridized carbons (Fsp3) is 0.571. The van der Waals surface area contributed by atoms with Crippen LogP contribution in [-0.2, 0) is 11.3 Å². The summed E-state index contributed by atoms with van der Waals surface area (Å²) in [6.45, 7) is 0.752. The quantitative estimate of drug-likeness (QED) is 0.897. The monoisotopic (exact) mass is 255 g/mol. The Morgan fingerprint density at radius 2 is 1.83 bits per heavy atom. The predicted octanol–water partition coefficient (Wildman–Crippen LogP) is 3.14. The molecule has 0 heterocycles. The third-order valence-electron chi connectivity index (χ3n) is 3.49. The van der Waals surface area contributed by atoms with Crippen LogP contribution in [-0.4, -0.2) is 12.1 Å². The van der Waals surface area contributed by atoms with Crippen LogP contribution < -0.4 is 5.73 Å². The van der Waals surface area contributed by atoms with Crippen LogP contribution >= 0.6 is 0 Å². The van der Waals surface area contributed by atoms with E-state index in [9.17, 15) is 8.78 Å². The topological polar surface area (TPSA) is 35.2 Å². The highest BCUT2D eigenvalue weighted by atomic mass is 19.2. The van der Waals surface area contributed by atoms with E-state index in [0.717, 1.165) is 31.7 Å². The van der Waals surface area contributed by atoms with Gasteiger partial charge in [-0.05, 0) is 30.5 Å². The van der Waals surface area contributed by atoms with Gasteiger partial charge in [0.25, 0.3) is 0 Å². The molecule has 0 radical (unpaired) electrons. The Morgan fingerprint density at radius 1 is 1.11 bits per heavy atom. The summed E-state index contributed by atoms with van der Waals surface area (Å²) in [5, 5.41) is 0. The van der Waals surface area contributed by atoms with Crippen molar-refractivity contribution in [3.8, 4) is 0 Å². The second kappa shape index (κ2) is 5.76. The summed E-state index contributed by atoms with van der Waals surface area (Å²) >= 11 is 0. The number of hydrogen-bond acceptors (Lipinski definition) is 2. The molecule has 0 amide bonds. The third-order valence-corrected chi connectivity index (χ3v) is 3.49. The Hall–Kier alpha value is -1.00. The lowest BCUT2D eigenvalue weighted by Crippen LogP contribution is -2.46. The number of rotatable bonds is 4. The second-order valence-electron chi connectivity index (χ2n) is 5.16. The van der Waals surface area contributed by atoms with Crippen LogP contribution in [0.3, 0.4) is 0 Å². The van der Waals surface area contributed by atoms with Crippen LogP contribution in [0.5, 0.6) is 0 Å². The fourth-order valence-corrected chi connectivity index (χ4v) is 2.40. The third kappa shape index (κ3) is 3.50. The molecule has 4 heteroatoms. The first-order valence-corrected chi connectivity index (χ1v) is 6.40. The van der Waals surface area contributed by atoms with Crippen LogP contribution in [0.25, 0.3) is 0 Å². The molecule has 0 spiro atoms. The van der Waals surface area contributed by atoms with E-state index in [4.69, 9.17) is 10.5 Å². The first kappa shape index (κ1) is 13.4.